The van der Waals surface area contributed by atoms with E-state index >= 15 is 0 Å². The van der Waals surface area contributed by atoms with Crippen LogP contribution in [0.15, 0.2) is 283 Å². The Hall–Kier alpha value is -8.96. The van der Waals surface area contributed by atoms with Crippen molar-refractivity contribution in [3.63, 3.8) is 0 Å². The van der Waals surface area contributed by atoms with E-state index in [2.05, 4.69) is 276 Å². The summed E-state index contributed by atoms with van der Waals surface area (Å²) in [4.78, 5) is 2.35. The van der Waals surface area contributed by atoms with E-state index in [1.54, 1.807) is 0 Å². The molecule has 0 amide bonds. The average molecular weight is 911 g/mol. The molecule has 0 saturated heterocycles. The van der Waals surface area contributed by atoms with Gasteiger partial charge in [-0.2, -0.15) is 0 Å². The molecule has 4 heteroatoms. The quantitative estimate of drug-likeness (QED) is 0.101. The fraction of sp³-hybridized carbons (Fsp3) is 0. The number of anilines is 3. The molecule has 13 aromatic rings. The van der Waals surface area contributed by atoms with Crippen LogP contribution in [0.4, 0.5) is 17.1 Å². The molecule has 0 atom stereocenters. The minimum Gasteiger partial charge on any atom is -0.456 e. The van der Waals surface area contributed by atoms with Crippen molar-refractivity contribution in [3.05, 3.63) is 279 Å². The Labute approximate surface area is 408 Å². The second-order valence-corrected chi connectivity index (χ2v) is 21.8. The van der Waals surface area contributed by atoms with Gasteiger partial charge >= 0.3 is 0 Å². The van der Waals surface area contributed by atoms with Crippen LogP contribution in [-0.2, 0) is 0 Å². The first kappa shape index (κ1) is 41.2. The van der Waals surface area contributed by atoms with E-state index in [9.17, 15) is 0 Å². The summed E-state index contributed by atoms with van der Waals surface area (Å²) in [7, 11) is -2.72. The Morgan fingerprint density at radius 3 is 1.40 bits per heavy atom. The van der Waals surface area contributed by atoms with Crippen LogP contribution in [0.2, 0.25) is 0 Å². The largest absolute Gasteiger partial charge is 0.456 e. The summed E-state index contributed by atoms with van der Waals surface area (Å²) >= 11 is 0. The normalized spacial score (nSPS) is 11.7. The molecule has 0 aliphatic rings. The Balaban J connectivity index is 0.897. The van der Waals surface area contributed by atoms with Crippen molar-refractivity contribution in [1.82, 2.24) is 4.57 Å². The second kappa shape index (κ2) is 17.3. The number of hydrogen-bond acceptors (Lipinski definition) is 2. The van der Waals surface area contributed by atoms with Gasteiger partial charge in [0.1, 0.15) is 11.2 Å². The van der Waals surface area contributed by atoms with Crippen molar-refractivity contribution in [2.45, 2.75) is 0 Å². The lowest BCUT2D eigenvalue weighted by molar-refractivity contribution is 0.669. The maximum atomic E-state index is 6.49. The number of furan rings is 1. The van der Waals surface area contributed by atoms with Crippen LogP contribution in [0.1, 0.15) is 0 Å². The van der Waals surface area contributed by atoms with E-state index in [1.165, 1.54) is 53.7 Å². The molecule has 13 rings (SSSR count). The van der Waals surface area contributed by atoms with Crippen molar-refractivity contribution in [2.24, 2.45) is 0 Å². The van der Waals surface area contributed by atoms with Crippen LogP contribution >= 0.6 is 0 Å². The summed E-state index contributed by atoms with van der Waals surface area (Å²) in [6, 6.07) is 102. The smallest absolute Gasteiger partial charge is 0.179 e. The SMILES string of the molecule is c1ccc(-n2c3ccccc3c3c(-c4ccc(-c5ccc(N(c6ccc([Si](c7ccccc7)(c7ccccc7)c7ccccc7)cc6)c6ccc7c(c6)oc6ccccc67)cc5)cc4)cccc32)cc1. The molecule has 0 N–H and O–H groups in total. The molecule has 0 saturated carbocycles. The van der Waals surface area contributed by atoms with Crippen LogP contribution in [0, 0.1) is 0 Å². The van der Waals surface area contributed by atoms with Crippen LogP contribution in [0.3, 0.4) is 0 Å². The van der Waals surface area contributed by atoms with Gasteiger partial charge in [-0.15, -0.1) is 0 Å². The molecule has 2 heterocycles. The third-order valence-corrected chi connectivity index (χ3v) is 19.0. The van der Waals surface area contributed by atoms with Crippen molar-refractivity contribution in [3.8, 4) is 27.9 Å². The number of rotatable bonds is 10. The highest BCUT2D eigenvalue weighted by atomic mass is 28.3. The van der Waals surface area contributed by atoms with E-state index in [-0.39, 0.29) is 0 Å². The summed E-state index contributed by atoms with van der Waals surface area (Å²) < 4.78 is 8.87. The molecular formula is C66H46N2OSi. The Kier molecular flexibility index (Phi) is 10.2. The van der Waals surface area contributed by atoms with Gasteiger partial charge in [-0.05, 0) is 110 Å². The number of benzene rings is 11. The summed E-state index contributed by atoms with van der Waals surface area (Å²) in [5.74, 6) is 0. The summed E-state index contributed by atoms with van der Waals surface area (Å²) in [5, 5.41) is 10.1. The zero-order valence-corrected chi connectivity index (χ0v) is 39.4. The molecule has 2 aromatic heterocycles. The number of fused-ring (bicyclic) bond motifs is 6. The third-order valence-electron chi connectivity index (χ3n) is 14.2. The fourth-order valence-corrected chi connectivity index (χ4v) is 15.7. The van der Waals surface area contributed by atoms with Gasteiger partial charge in [0.2, 0.25) is 0 Å². The summed E-state index contributed by atoms with van der Waals surface area (Å²) in [6.07, 6.45) is 0. The van der Waals surface area contributed by atoms with Crippen molar-refractivity contribution in [1.29, 1.82) is 0 Å². The van der Waals surface area contributed by atoms with Gasteiger partial charge in [-0.3, -0.25) is 0 Å². The molecule has 0 aliphatic heterocycles. The number of aromatic nitrogens is 1. The summed E-state index contributed by atoms with van der Waals surface area (Å²) in [5.41, 5.74) is 13.2. The van der Waals surface area contributed by atoms with Gasteiger partial charge in [-0.1, -0.05) is 206 Å². The molecule has 70 heavy (non-hydrogen) atoms. The highest BCUT2D eigenvalue weighted by Gasteiger charge is 2.41. The Bertz CT molecular complexity index is 3860. The maximum absolute atomic E-state index is 6.49. The number of nitrogens with zero attached hydrogens (tertiary/aromatic N) is 2. The van der Waals surface area contributed by atoms with Crippen LogP contribution in [0.5, 0.6) is 0 Å². The van der Waals surface area contributed by atoms with E-state index in [0.29, 0.717) is 0 Å². The zero-order valence-electron chi connectivity index (χ0n) is 38.4. The highest BCUT2D eigenvalue weighted by Crippen LogP contribution is 2.41. The standard InChI is InChI=1S/C66H46N2OSi/c1-5-18-50(19-6-1)68-62-29-15-13-27-61(62)66-58(28-17-30-63(66)68)49-34-32-47(33-35-49)48-36-38-51(39-37-48)67(53-42-45-60-59-26-14-16-31-64(59)69-65(60)46-53)52-40-43-57(44-41-52)70(54-20-7-2-8-21-54,55-22-9-3-10-23-55)56-24-11-4-12-25-56/h1-46H. The van der Waals surface area contributed by atoms with Crippen LogP contribution in [0.25, 0.3) is 71.7 Å². The first-order valence-corrected chi connectivity index (χ1v) is 26.0. The molecule has 11 aromatic carbocycles. The molecule has 0 fully saturated rings. The number of hydrogen-bond donors (Lipinski definition) is 0. The first-order valence-electron chi connectivity index (χ1n) is 24.0. The fourth-order valence-electron chi connectivity index (χ4n) is 11.0. The van der Waals surface area contributed by atoms with Gasteiger partial charge in [0.05, 0.1) is 11.0 Å². The average Bonchev–Trinajstić information content (AvgIpc) is 3.99. The summed E-state index contributed by atoms with van der Waals surface area (Å²) in [6.45, 7) is 0. The van der Waals surface area contributed by atoms with Gasteiger partial charge < -0.3 is 13.9 Å². The lowest BCUT2D eigenvalue weighted by Crippen LogP contribution is -2.74. The van der Waals surface area contributed by atoms with Gasteiger partial charge in [-0.25, -0.2) is 0 Å². The van der Waals surface area contributed by atoms with Crippen molar-refractivity contribution in [2.75, 3.05) is 4.90 Å². The van der Waals surface area contributed by atoms with E-state index in [1.807, 2.05) is 12.1 Å². The van der Waals surface area contributed by atoms with Crippen molar-refractivity contribution < 1.29 is 4.42 Å². The molecule has 0 bridgehead atoms. The van der Waals surface area contributed by atoms with E-state index in [0.717, 1.165) is 55.8 Å². The van der Waals surface area contributed by atoms with Gasteiger partial charge in [0.25, 0.3) is 0 Å². The van der Waals surface area contributed by atoms with Gasteiger partial charge in [0, 0.05) is 50.4 Å². The zero-order chi connectivity index (χ0) is 46.4. The molecule has 3 nitrogen and oxygen atoms in total. The predicted molar refractivity (Wildman–Crippen MR) is 297 cm³/mol. The predicted octanol–water partition coefficient (Wildman–Crippen LogP) is 14.9. The maximum Gasteiger partial charge on any atom is 0.179 e. The lowest BCUT2D eigenvalue weighted by Gasteiger charge is -2.35. The highest BCUT2D eigenvalue weighted by molar-refractivity contribution is 7.19. The Morgan fingerprint density at radius 1 is 0.314 bits per heavy atom. The monoisotopic (exact) mass is 910 g/mol. The molecule has 0 aliphatic carbocycles. The lowest BCUT2D eigenvalue weighted by atomic mass is 9.97. The number of para-hydroxylation sites is 3. The van der Waals surface area contributed by atoms with Crippen LogP contribution < -0.4 is 25.6 Å². The minimum absolute atomic E-state index is 0.862. The topological polar surface area (TPSA) is 21.3 Å². The van der Waals surface area contributed by atoms with E-state index in [4.69, 9.17) is 4.42 Å². The minimum atomic E-state index is -2.72. The van der Waals surface area contributed by atoms with Crippen LogP contribution in [-0.4, -0.2) is 12.6 Å². The molecule has 0 radical (unpaired) electrons. The molecular weight excluding hydrogens is 865 g/mol. The molecule has 0 unspecified atom stereocenters. The van der Waals surface area contributed by atoms with E-state index < -0.39 is 8.07 Å². The molecule has 330 valence electrons. The first-order chi connectivity index (χ1) is 34.7. The second-order valence-electron chi connectivity index (χ2n) is 18.0. The van der Waals surface area contributed by atoms with Crippen molar-refractivity contribution >= 4 is 89.6 Å². The molecule has 0 spiro atoms. The van der Waals surface area contributed by atoms with Gasteiger partial charge in [0.15, 0.2) is 8.07 Å². The third kappa shape index (κ3) is 6.88. The Morgan fingerprint density at radius 2 is 0.771 bits per heavy atom.